The molecule has 1 aliphatic rings. The first-order valence-electron chi connectivity index (χ1n) is 7.72. The van der Waals surface area contributed by atoms with Crippen molar-refractivity contribution in [3.63, 3.8) is 0 Å². The molecule has 100 valence electrons. The Bertz CT molecular complexity index is 186. The third kappa shape index (κ3) is 9.41. The molecule has 0 aromatic carbocycles. The normalized spacial score (nSPS) is 28.6. The van der Waals surface area contributed by atoms with Gasteiger partial charge in [-0.25, -0.2) is 0 Å². The van der Waals surface area contributed by atoms with Gasteiger partial charge in [-0.05, 0) is 38.5 Å². The molecule has 1 heteroatoms. The Labute approximate surface area is 107 Å². The number of aliphatic hydroxyl groups is 1. The van der Waals surface area contributed by atoms with Gasteiger partial charge in [-0.2, -0.15) is 0 Å². The van der Waals surface area contributed by atoms with Gasteiger partial charge in [0, 0.05) is 0 Å². The second-order valence-electron chi connectivity index (χ2n) is 5.46. The SMILES string of the molecule is OC1CCC/C=C\CCCCCCCCCC1. The second-order valence-corrected chi connectivity index (χ2v) is 5.46. The minimum Gasteiger partial charge on any atom is -0.393 e. The maximum Gasteiger partial charge on any atom is 0.0540 e. The van der Waals surface area contributed by atoms with E-state index in [4.69, 9.17) is 0 Å². The van der Waals surface area contributed by atoms with Crippen LogP contribution in [0.1, 0.15) is 83.5 Å². The molecular formula is C16H30O. The summed E-state index contributed by atoms with van der Waals surface area (Å²) in [7, 11) is 0. The highest BCUT2D eigenvalue weighted by Gasteiger charge is 2.03. The van der Waals surface area contributed by atoms with Crippen LogP contribution in [0.5, 0.6) is 0 Å². The first kappa shape index (κ1) is 14.8. The van der Waals surface area contributed by atoms with Crippen LogP contribution in [0.25, 0.3) is 0 Å². The number of aliphatic hydroxyl groups excluding tert-OH is 1. The average Bonchev–Trinajstić information content (AvgIpc) is 2.32. The predicted octanol–water partition coefficient (Wildman–Crippen LogP) is 4.99. The molecule has 0 radical (unpaired) electrons. The molecule has 0 heterocycles. The summed E-state index contributed by atoms with van der Waals surface area (Å²) in [6, 6.07) is 0. The highest BCUT2D eigenvalue weighted by molar-refractivity contribution is 4.81. The molecule has 0 aromatic rings. The summed E-state index contributed by atoms with van der Waals surface area (Å²) in [6.07, 6.45) is 21.0. The van der Waals surface area contributed by atoms with Crippen molar-refractivity contribution in [1.29, 1.82) is 0 Å². The molecule has 1 atom stereocenters. The third-order valence-corrected chi connectivity index (χ3v) is 3.73. The minimum absolute atomic E-state index is 0.0451. The molecule has 1 unspecified atom stereocenters. The largest absolute Gasteiger partial charge is 0.393 e. The Morgan fingerprint density at radius 2 is 1.06 bits per heavy atom. The van der Waals surface area contributed by atoms with Crippen molar-refractivity contribution in [2.75, 3.05) is 0 Å². The zero-order chi connectivity index (χ0) is 12.2. The summed E-state index contributed by atoms with van der Waals surface area (Å²) < 4.78 is 0. The summed E-state index contributed by atoms with van der Waals surface area (Å²) in [5.74, 6) is 0. The molecule has 1 rings (SSSR count). The zero-order valence-corrected chi connectivity index (χ0v) is 11.4. The monoisotopic (exact) mass is 238 g/mol. The van der Waals surface area contributed by atoms with Gasteiger partial charge in [-0.15, -0.1) is 0 Å². The molecule has 0 saturated heterocycles. The zero-order valence-electron chi connectivity index (χ0n) is 11.4. The van der Waals surface area contributed by atoms with E-state index in [0.717, 1.165) is 25.7 Å². The maximum atomic E-state index is 9.80. The maximum absolute atomic E-state index is 9.80. The molecular weight excluding hydrogens is 208 g/mol. The van der Waals surface area contributed by atoms with Gasteiger partial charge in [0.1, 0.15) is 0 Å². The van der Waals surface area contributed by atoms with Gasteiger partial charge in [0.2, 0.25) is 0 Å². The van der Waals surface area contributed by atoms with Gasteiger partial charge in [0.15, 0.2) is 0 Å². The highest BCUT2D eigenvalue weighted by Crippen LogP contribution is 2.14. The van der Waals surface area contributed by atoms with Crippen LogP contribution >= 0.6 is 0 Å². The Morgan fingerprint density at radius 1 is 0.588 bits per heavy atom. The van der Waals surface area contributed by atoms with Crippen LogP contribution in [0.15, 0.2) is 12.2 Å². The Morgan fingerprint density at radius 3 is 1.76 bits per heavy atom. The molecule has 0 saturated carbocycles. The standard InChI is InChI=1S/C16H30O/c17-16-14-12-10-8-6-4-2-1-3-5-7-9-11-13-15-16/h6,8,16-17H,1-5,7,9-15H2/b8-6-. The molecule has 0 aliphatic heterocycles. The second kappa shape index (κ2) is 10.8. The topological polar surface area (TPSA) is 20.2 Å². The van der Waals surface area contributed by atoms with Crippen molar-refractivity contribution in [2.24, 2.45) is 0 Å². The summed E-state index contributed by atoms with van der Waals surface area (Å²) >= 11 is 0. The van der Waals surface area contributed by atoms with Crippen LogP contribution in [0, 0.1) is 0 Å². The van der Waals surface area contributed by atoms with Crippen LogP contribution in [-0.2, 0) is 0 Å². The minimum atomic E-state index is -0.0451. The van der Waals surface area contributed by atoms with E-state index < -0.39 is 0 Å². The number of rotatable bonds is 0. The summed E-state index contributed by atoms with van der Waals surface area (Å²) in [5, 5.41) is 9.80. The average molecular weight is 238 g/mol. The fraction of sp³-hybridized carbons (Fsp3) is 0.875. The van der Waals surface area contributed by atoms with Crippen molar-refractivity contribution in [3.8, 4) is 0 Å². The molecule has 1 nitrogen and oxygen atoms in total. The van der Waals surface area contributed by atoms with Crippen LogP contribution in [-0.4, -0.2) is 11.2 Å². The van der Waals surface area contributed by atoms with E-state index in [0.29, 0.717) is 0 Å². The lowest BCUT2D eigenvalue weighted by Crippen LogP contribution is -2.05. The van der Waals surface area contributed by atoms with Crippen molar-refractivity contribution < 1.29 is 5.11 Å². The summed E-state index contributed by atoms with van der Waals surface area (Å²) in [5.41, 5.74) is 0. The quantitative estimate of drug-likeness (QED) is 0.590. The fourth-order valence-electron chi connectivity index (χ4n) is 2.55. The smallest absolute Gasteiger partial charge is 0.0540 e. The van der Waals surface area contributed by atoms with Gasteiger partial charge in [-0.1, -0.05) is 57.1 Å². The fourth-order valence-corrected chi connectivity index (χ4v) is 2.55. The van der Waals surface area contributed by atoms with Crippen molar-refractivity contribution >= 4 is 0 Å². The van der Waals surface area contributed by atoms with Crippen molar-refractivity contribution in [2.45, 2.75) is 89.6 Å². The van der Waals surface area contributed by atoms with Crippen LogP contribution < -0.4 is 0 Å². The predicted molar refractivity (Wildman–Crippen MR) is 75.2 cm³/mol. The first-order valence-corrected chi connectivity index (χ1v) is 7.72. The molecule has 17 heavy (non-hydrogen) atoms. The van der Waals surface area contributed by atoms with E-state index in [-0.39, 0.29) is 6.10 Å². The molecule has 0 bridgehead atoms. The van der Waals surface area contributed by atoms with E-state index >= 15 is 0 Å². The Balaban J connectivity index is 2.16. The van der Waals surface area contributed by atoms with Gasteiger partial charge >= 0.3 is 0 Å². The van der Waals surface area contributed by atoms with Gasteiger partial charge in [0.25, 0.3) is 0 Å². The Kier molecular flexibility index (Phi) is 9.40. The highest BCUT2D eigenvalue weighted by atomic mass is 16.3. The molecule has 0 fully saturated rings. The molecule has 0 amide bonds. The van der Waals surface area contributed by atoms with Crippen molar-refractivity contribution in [1.82, 2.24) is 0 Å². The molecule has 0 spiro atoms. The molecule has 1 aliphatic carbocycles. The third-order valence-electron chi connectivity index (χ3n) is 3.73. The molecule has 0 aromatic heterocycles. The van der Waals surface area contributed by atoms with Crippen LogP contribution in [0.4, 0.5) is 0 Å². The van der Waals surface area contributed by atoms with Gasteiger partial charge in [0.05, 0.1) is 6.10 Å². The van der Waals surface area contributed by atoms with Crippen LogP contribution in [0.3, 0.4) is 0 Å². The van der Waals surface area contributed by atoms with Gasteiger partial charge in [-0.3, -0.25) is 0 Å². The number of hydrogen-bond donors (Lipinski definition) is 1. The Hall–Kier alpha value is -0.300. The first-order chi connectivity index (χ1) is 8.39. The summed E-state index contributed by atoms with van der Waals surface area (Å²) in [4.78, 5) is 0. The van der Waals surface area contributed by atoms with E-state index in [2.05, 4.69) is 12.2 Å². The van der Waals surface area contributed by atoms with E-state index in [1.807, 2.05) is 0 Å². The van der Waals surface area contributed by atoms with Crippen molar-refractivity contribution in [3.05, 3.63) is 12.2 Å². The lowest BCUT2D eigenvalue weighted by molar-refractivity contribution is 0.148. The molecule has 1 N–H and O–H groups in total. The van der Waals surface area contributed by atoms with Crippen LogP contribution in [0.2, 0.25) is 0 Å². The number of allylic oxidation sites excluding steroid dienone is 2. The lowest BCUT2D eigenvalue weighted by atomic mass is 10.0. The van der Waals surface area contributed by atoms with E-state index in [9.17, 15) is 5.11 Å². The number of hydrogen-bond acceptors (Lipinski definition) is 1. The van der Waals surface area contributed by atoms with E-state index in [1.54, 1.807) is 0 Å². The lowest BCUT2D eigenvalue weighted by Gasteiger charge is -2.09. The summed E-state index contributed by atoms with van der Waals surface area (Å²) in [6.45, 7) is 0. The van der Waals surface area contributed by atoms with Gasteiger partial charge < -0.3 is 5.11 Å². The van der Waals surface area contributed by atoms with E-state index in [1.165, 1.54) is 57.8 Å².